The standard InChI is InChI=1S/C20H28FN3O3/c21-18-5-2-1-4-16(18)14-24-15-17(6-7-19(24)25)20(26)22-8-3-9-23-10-12-27-13-11-23/h1-2,4-5,17H,3,6-15H2,(H,22,26). The summed E-state index contributed by atoms with van der Waals surface area (Å²) in [7, 11) is 0. The Hall–Kier alpha value is -1.99. The highest BCUT2D eigenvalue weighted by Gasteiger charge is 2.30. The number of carbonyl (C=O) groups is 2. The van der Waals surface area contributed by atoms with Crippen molar-refractivity contribution in [1.82, 2.24) is 15.1 Å². The van der Waals surface area contributed by atoms with Gasteiger partial charge in [-0.05, 0) is 25.5 Å². The van der Waals surface area contributed by atoms with Crippen molar-refractivity contribution in [1.29, 1.82) is 0 Å². The molecule has 3 rings (SSSR count). The Kier molecular flexibility index (Phi) is 7.18. The molecule has 2 aliphatic rings. The summed E-state index contributed by atoms with van der Waals surface area (Å²) in [6, 6.07) is 6.45. The van der Waals surface area contributed by atoms with Crippen molar-refractivity contribution < 1.29 is 18.7 Å². The second-order valence-corrected chi connectivity index (χ2v) is 7.20. The van der Waals surface area contributed by atoms with Gasteiger partial charge in [0.05, 0.1) is 19.1 Å². The van der Waals surface area contributed by atoms with Crippen molar-refractivity contribution in [2.45, 2.75) is 25.8 Å². The van der Waals surface area contributed by atoms with E-state index in [0.29, 0.717) is 31.5 Å². The molecule has 1 N–H and O–H groups in total. The van der Waals surface area contributed by atoms with Crippen molar-refractivity contribution in [3.05, 3.63) is 35.6 Å². The van der Waals surface area contributed by atoms with Crippen LogP contribution in [0.25, 0.3) is 0 Å². The van der Waals surface area contributed by atoms with E-state index in [4.69, 9.17) is 4.74 Å². The van der Waals surface area contributed by atoms with Gasteiger partial charge < -0.3 is 15.0 Å². The Morgan fingerprint density at radius 2 is 2.04 bits per heavy atom. The number of morpholine rings is 1. The molecule has 0 aromatic heterocycles. The predicted octanol–water partition coefficient (Wildman–Crippen LogP) is 1.40. The number of amides is 2. The number of carbonyl (C=O) groups excluding carboxylic acids is 2. The highest BCUT2D eigenvalue weighted by molar-refractivity contribution is 5.83. The molecule has 0 spiro atoms. The van der Waals surface area contributed by atoms with E-state index in [1.165, 1.54) is 6.07 Å². The Bertz CT molecular complexity index is 649. The van der Waals surface area contributed by atoms with Gasteiger partial charge in [0.15, 0.2) is 0 Å². The molecule has 0 aliphatic carbocycles. The van der Waals surface area contributed by atoms with Crippen LogP contribution in [0.2, 0.25) is 0 Å². The van der Waals surface area contributed by atoms with Crippen LogP contribution in [-0.2, 0) is 20.9 Å². The third-order valence-electron chi connectivity index (χ3n) is 5.24. The molecule has 6 nitrogen and oxygen atoms in total. The third-order valence-corrected chi connectivity index (χ3v) is 5.24. The van der Waals surface area contributed by atoms with E-state index >= 15 is 0 Å². The monoisotopic (exact) mass is 377 g/mol. The summed E-state index contributed by atoms with van der Waals surface area (Å²) in [4.78, 5) is 28.6. The molecule has 1 aromatic rings. The Morgan fingerprint density at radius 1 is 1.26 bits per heavy atom. The van der Waals surface area contributed by atoms with Gasteiger partial charge in [0, 0.05) is 44.7 Å². The summed E-state index contributed by atoms with van der Waals surface area (Å²) in [5.41, 5.74) is 0.484. The lowest BCUT2D eigenvalue weighted by Gasteiger charge is -2.32. The first-order valence-corrected chi connectivity index (χ1v) is 9.72. The van der Waals surface area contributed by atoms with Crippen LogP contribution in [0.4, 0.5) is 4.39 Å². The van der Waals surface area contributed by atoms with Crippen molar-refractivity contribution in [2.75, 3.05) is 45.9 Å². The Balaban J connectivity index is 1.43. The topological polar surface area (TPSA) is 61.9 Å². The van der Waals surface area contributed by atoms with E-state index in [1.54, 1.807) is 23.1 Å². The van der Waals surface area contributed by atoms with Crippen LogP contribution >= 0.6 is 0 Å². The molecule has 2 saturated heterocycles. The third kappa shape index (κ3) is 5.74. The van der Waals surface area contributed by atoms with Gasteiger partial charge in [-0.25, -0.2) is 4.39 Å². The fourth-order valence-electron chi connectivity index (χ4n) is 3.60. The summed E-state index contributed by atoms with van der Waals surface area (Å²) in [5.74, 6) is -0.574. The van der Waals surface area contributed by atoms with E-state index in [1.807, 2.05) is 0 Å². The van der Waals surface area contributed by atoms with Gasteiger partial charge in [0.2, 0.25) is 11.8 Å². The molecule has 1 atom stereocenters. The number of hydrogen-bond donors (Lipinski definition) is 1. The van der Waals surface area contributed by atoms with Crippen LogP contribution in [0.15, 0.2) is 24.3 Å². The molecular weight excluding hydrogens is 349 g/mol. The molecule has 2 fully saturated rings. The molecule has 2 aliphatic heterocycles. The molecule has 1 unspecified atom stereocenters. The van der Waals surface area contributed by atoms with Crippen LogP contribution in [-0.4, -0.2) is 67.6 Å². The number of nitrogens with one attached hydrogen (secondary N) is 1. The zero-order chi connectivity index (χ0) is 19.1. The lowest BCUT2D eigenvalue weighted by atomic mass is 9.96. The van der Waals surface area contributed by atoms with Gasteiger partial charge in [-0.2, -0.15) is 0 Å². The van der Waals surface area contributed by atoms with Gasteiger partial charge in [-0.1, -0.05) is 18.2 Å². The fourth-order valence-corrected chi connectivity index (χ4v) is 3.60. The second-order valence-electron chi connectivity index (χ2n) is 7.20. The minimum Gasteiger partial charge on any atom is -0.379 e. The second kappa shape index (κ2) is 9.80. The lowest BCUT2D eigenvalue weighted by molar-refractivity contribution is -0.138. The SMILES string of the molecule is O=C(NCCCN1CCOCC1)C1CCC(=O)N(Cc2ccccc2F)C1. The van der Waals surface area contributed by atoms with E-state index in [9.17, 15) is 14.0 Å². The molecule has 2 amide bonds. The summed E-state index contributed by atoms with van der Waals surface area (Å²) >= 11 is 0. The molecule has 7 heteroatoms. The normalized spacial score (nSPS) is 21.3. The summed E-state index contributed by atoms with van der Waals surface area (Å²) in [6.45, 7) is 5.60. The fraction of sp³-hybridized carbons (Fsp3) is 0.600. The largest absolute Gasteiger partial charge is 0.379 e. The number of likely N-dealkylation sites (tertiary alicyclic amines) is 1. The number of ether oxygens (including phenoxy) is 1. The number of rotatable bonds is 7. The Labute approximate surface area is 159 Å². The molecule has 1 aromatic carbocycles. The van der Waals surface area contributed by atoms with Crippen LogP contribution in [0, 0.1) is 11.7 Å². The maximum absolute atomic E-state index is 13.9. The molecule has 0 bridgehead atoms. The lowest BCUT2D eigenvalue weighted by Crippen LogP contribution is -2.46. The summed E-state index contributed by atoms with van der Waals surface area (Å²) in [6.07, 6.45) is 1.79. The molecule has 0 radical (unpaired) electrons. The molecule has 27 heavy (non-hydrogen) atoms. The quantitative estimate of drug-likeness (QED) is 0.730. The average Bonchev–Trinajstić information content (AvgIpc) is 2.69. The van der Waals surface area contributed by atoms with Crippen LogP contribution < -0.4 is 5.32 Å². The minimum absolute atomic E-state index is 0.0111. The number of piperidine rings is 1. The average molecular weight is 377 g/mol. The first-order valence-electron chi connectivity index (χ1n) is 9.72. The molecule has 148 valence electrons. The van der Waals surface area contributed by atoms with Crippen molar-refractivity contribution in [3.8, 4) is 0 Å². The summed E-state index contributed by atoms with van der Waals surface area (Å²) in [5, 5.41) is 2.99. The molecular formula is C20H28FN3O3. The number of nitrogens with zero attached hydrogens (tertiary/aromatic N) is 2. The molecule has 2 heterocycles. The number of halogens is 1. The van der Waals surface area contributed by atoms with Crippen LogP contribution in [0.5, 0.6) is 0 Å². The van der Waals surface area contributed by atoms with Crippen molar-refractivity contribution in [3.63, 3.8) is 0 Å². The maximum Gasteiger partial charge on any atom is 0.224 e. The van der Waals surface area contributed by atoms with E-state index in [0.717, 1.165) is 39.3 Å². The van der Waals surface area contributed by atoms with E-state index < -0.39 is 0 Å². The van der Waals surface area contributed by atoms with Gasteiger partial charge >= 0.3 is 0 Å². The predicted molar refractivity (Wildman–Crippen MR) is 99.4 cm³/mol. The highest BCUT2D eigenvalue weighted by Crippen LogP contribution is 2.21. The van der Waals surface area contributed by atoms with Crippen LogP contribution in [0.1, 0.15) is 24.8 Å². The maximum atomic E-state index is 13.9. The molecule has 0 saturated carbocycles. The van der Waals surface area contributed by atoms with Gasteiger partial charge in [0.1, 0.15) is 5.82 Å². The first-order chi connectivity index (χ1) is 13.1. The van der Waals surface area contributed by atoms with Crippen molar-refractivity contribution in [2.24, 2.45) is 5.92 Å². The van der Waals surface area contributed by atoms with Crippen LogP contribution in [0.3, 0.4) is 0 Å². The number of hydrogen-bond acceptors (Lipinski definition) is 4. The summed E-state index contributed by atoms with van der Waals surface area (Å²) < 4.78 is 19.2. The highest BCUT2D eigenvalue weighted by atomic mass is 19.1. The smallest absolute Gasteiger partial charge is 0.224 e. The number of benzene rings is 1. The van der Waals surface area contributed by atoms with Gasteiger partial charge in [-0.3, -0.25) is 14.5 Å². The Morgan fingerprint density at radius 3 is 2.81 bits per heavy atom. The van der Waals surface area contributed by atoms with Gasteiger partial charge in [0.25, 0.3) is 0 Å². The van der Waals surface area contributed by atoms with E-state index in [2.05, 4.69) is 10.2 Å². The first kappa shape index (κ1) is 19.8. The zero-order valence-corrected chi connectivity index (χ0v) is 15.7. The zero-order valence-electron chi connectivity index (χ0n) is 15.7. The minimum atomic E-state index is -0.319. The van der Waals surface area contributed by atoms with Gasteiger partial charge in [-0.15, -0.1) is 0 Å². The van der Waals surface area contributed by atoms with Crippen molar-refractivity contribution >= 4 is 11.8 Å². The van der Waals surface area contributed by atoms with E-state index in [-0.39, 0.29) is 30.1 Å².